The first-order valence-corrected chi connectivity index (χ1v) is 10.0. The number of carbonyl (C=O) groups is 2. The molecule has 0 fully saturated rings. The third-order valence-electron chi connectivity index (χ3n) is 3.73. The van der Waals surface area contributed by atoms with Crippen LogP contribution in [0.15, 0.2) is 50.8 Å². The molecule has 0 radical (unpaired) electrons. The van der Waals surface area contributed by atoms with Gasteiger partial charge in [-0.3, -0.25) is 9.59 Å². The molecule has 9 heteroatoms. The Bertz CT molecular complexity index is 1040. The lowest BCUT2D eigenvalue weighted by molar-refractivity contribution is -0.117. The van der Waals surface area contributed by atoms with Gasteiger partial charge >= 0.3 is 0 Å². The first-order valence-electron chi connectivity index (χ1n) is 8.40. The van der Waals surface area contributed by atoms with Gasteiger partial charge in [0.2, 0.25) is 5.91 Å². The van der Waals surface area contributed by atoms with Gasteiger partial charge in [0, 0.05) is 6.92 Å². The molecule has 0 unspecified atom stereocenters. The number of amidine groups is 1. The normalized spacial score (nSPS) is 14.7. The van der Waals surface area contributed by atoms with E-state index in [9.17, 15) is 14.0 Å². The van der Waals surface area contributed by atoms with E-state index in [4.69, 9.17) is 9.47 Å². The van der Waals surface area contributed by atoms with Crippen LogP contribution in [0.2, 0.25) is 0 Å². The molecule has 0 saturated heterocycles. The highest BCUT2D eigenvalue weighted by molar-refractivity contribution is 9.10. The molecule has 0 spiro atoms. The third kappa shape index (κ3) is 5.45. The minimum absolute atomic E-state index is 0.162. The van der Waals surface area contributed by atoms with E-state index in [1.807, 2.05) is 0 Å². The second-order valence-electron chi connectivity index (χ2n) is 5.97. The average molecular weight is 479 g/mol. The maximum absolute atomic E-state index is 13.3. The molecular weight excluding hydrogens is 463 g/mol. The summed E-state index contributed by atoms with van der Waals surface area (Å²) in [6.45, 7) is 1.51. The van der Waals surface area contributed by atoms with Gasteiger partial charge in [-0.2, -0.15) is 4.99 Å². The standard InChI is InChI=1S/C20H16BrFN2O4S/c1-11(25)23-20-24-19(26)17(29-20)9-13-7-15(21)18(16(8-13)27-2)28-10-12-4-3-5-14(22)6-12/h3-9H,10H2,1-2H3,(H,23,24,25,26). The average Bonchev–Trinajstić information content (AvgIpc) is 2.98. The molecule has 0 atom stereocenters. The highest BCUT2D eigenvalue weighted by Gasteiger charge is 2.23. The lowest BCUT2D eigenvalue weighted by Gasteiger charge is -2.14. The van der Waals surface area contributed by atoms with Crippen molar-refractivity contribution in [2.45, 2.75) is 13.5 Å². The van der Waals surface area contributed by atoms with Crippen LogP contribution in [0.25, 0.3) is 6.08 Å². The van der Waals surface area contributed by atoms with Gasteiger partial charge in [0.1, 0.15) is 12.4 Å². The molecule has 2 aromatic carbocycles. The van der Waals surface area contributed by atoms with Crippen molar-refractivity contribution in [1.82, 2.24) is 5.32 Å². The predicted molar refractivity (Wildman–Crippen MR) is 113 cm³/mol. The number of nitrogens with zero attached hydrogens (tertiary/aromatic N) is 1. The number of carbonyl (C=O) groups excluding carboxylic acids is 2. The molecule has 1 heterocycles. The second kappa shape index (κ2) is 9.23. The number of methoxy groups -OCH3 is 1. The van der Waals surface area contributed by atoms with Gasteiger partial charge in [-0.15, -0.1) is 0 Å². The number of nitrogens with one attached hydrogen (secondary N) is 1. The molecule has 0 aromatic heterocycles. The molecule has 1 aliphatic heterocycles. The number of hydrogen-bond acceptors (Lipinski definition) is 5. The lowest BCUT2D eigenvalue weighted by Crippen LogP contribution is -2.23. The van der Waals surface area contributed by atoms with Crippen LogP contribution < -0.4 is 14.8 Å². The van der Waals surface area contributed by atoms with Gasteiger partial charge in [-0.1, -0.05) is 12.1 Å². The van der Waals surface area contributed by atoms with E-state index in [1.165, 1.54) is 26.2 Å². The molecule has 1 N–H and O–H groups in total. The molecular formula is C20H16BrFN2O4S. The van der Waals surface area contributed by atoms with Crippen molar-refractivity contribution in [3.63, 3.8) is 0 Å². The Balaban J connectivity index is 1.80. The van der Waals surface area contributed by atoms with E-state index in [0.29, 0.717) is 32.0 Å². The second-order valence-corrected chi connectivity index (χ2v) is 7.85. The van der Waals surface area contributed by atoms with Crippen LogP contribution in [0.3, 0.4) is 0 Å². The maximum atomic E-state index is 13.3. The molecule has 2 amide bonds. The number of rotatable bonds is 5. The van der Waals surface area contributed by atoms with Crippen molar-refractivity contribution in [1.29, 1.82) is 0 Å². The maximum Gasteiger partial charge on any atom is 0.286 e. The zero-order chi connectivity index (χ0) is 21.0. The van der Waals surface area contributed by atoms with Crippen molar-refractivity contribution in [3.05, 3.63) is 62.7 Å². The number of amides is 2. The molecule has 0 saturated carbocycles. The van der Waals surface area contributed by atoms with Crippen LogP contribution in [0.4, 0.5) is 4.39 Å². The molecule has 0 bridgehead atoms. The van der Waals surface area contributed by atoms with Gasteiger partial charge in [0.25, 0.3) is 5.91 Å². The summed E-state index contributed by atoms with van der Waals surface area (Å²) in [4.78, 5) is 27.3. The van der Waals surface area contributed by atoms with Crippen molar-refractivity contribution >= 4 is 50.7 Å². The topological polar surface area (TPSA) is 77.0 Å². The predicted octanol–water partition coefficient (Wildman–Crippen LogP) is 4.28. The zero-order valence-corrected chi connectivity index (χ0v) is 17.9. The summed E-state index contributed by atoms with van der Waals surface area (Å²) in [5.74, 6) is -0.158. The fraction of sp³-hybridized carbons (Fsp3) is 0.150. The highest BCUT2D eigenvalue weighted by atomic mass is 79.9. The monoisotopic (exact) mass is 478 g/mol. The number of hydrogen-bond donors (Lipinski definition) is 1. The molecule has 1 aliphatic rings. The van der Waals surface area contributed by atoms with E-state index in [-0.39, 0.29) is 23.5 Å². The largest absolute Gasteiger partial charge is 0.493 e. The summed E-state index contributed by atoms with van der Waals surface area (Å²) in [6.07, 6.45) is 1.65. The fourth-order valence-electron chi connectivity index (χ4n) is 2.51. The fourth-order valence-corrected chi connectivity index (χ4v) is 3.94. The number of halogens is 2. The summed E-state index contributed by atoms with van der Waals surface area (Å²) in [7, 11) is 1.50. The van der Waals surface area contributed by atoms with Crippen LogP contribution in [0, 0.1) is 5.82 Å². The first-order chi connectivity index (χ1) is 13.9. The lowest BCUT2D eigenvalue weighted by atomic mass is 10.2. The smallest absolute Gasteiger partial charge is 0.286 e. The summed E-state index contributed by atoms with van der Waals surface area (Å²) in [6, 6.07) is 9.62. The Morgan fingerprint density at radius 3 is 2.83 bits per heavy atom. The third-order valence-corrected chi connectivity index (χ3v) is 5.21. The number of ether oxygens (including phenoxy) is 2. The Hall–Kier alpha value is -2.65. The molecule has 3 rings (SSSR count). The van der Waals surface area contributed by atoms with Gasteiger partial charge in [0.05, 0.1) is 16.5 Å². The van der Waals surface area contributed by atoms with E-state index >= 15 is 0 Å². The molecule has 2 aromatic rings. The molecule has 6 nitrogen and oxygen atoms in total. The van der Waals surface area contributed by atoms with E-state index < -0.39 is 5.91 Å². The van der Waals surface area contributed by atoms with Crippen LogP contribution >= 0.6 is 27.7 Å². The Kier molecular flexibility index (Phi) is 6.71. The van der Waals surface area contributed by atoms with Crippen molar-refractivity contribution in [2.24, 2.45) is 4.99 Å². The first kappa shape index (κ1) is 21.1. The minimum Gasteiger partial charge on any atom is -0.493 e. The zero-order valence-electron chi connectivity index (χ0n) is 15.5. The SMILES string of the molecule is COc1cc(C=C2SC(NC(C)=O)=NC2=O)cc(Br)c1OCc1cccc(F)c1. The summed E-state index contributed by atoms with van der Waals surface area (Å²) in [5, 5.41) is 2.74. The van der Waals surface area contributed by atoms with Crippen molar-refractivity contribution in [2.75, 3.05) is 7.11 Å². The quantitative estimate of drug-likeness (QED) is 0.648. The van der Waals surface area contributed by atoms with Gasteiger partial charge in [-0.25, -0.2) is 4.39 Å². The minimum atomic E-state index is -0.430. The van der Waals surface area contributed by atoms with E-state index in [2.05, 4.69) is 26.2 Å². The van der Waals surface area contributed by atoms with E-state index in [1.54, 1.807) is 30.3 Å². The Morgan fingerprint density at radius 2 is 2.14 bits per heavy atom. The van der Waals surface area contributed by atoms with Crippen LogP contribution in [0.1, 0.15) is 18.1 Å². The van der Waals surface area contributed by atoms with Gasteiger partial charge in [-0.05, 0) is 69.2 Å². The summed E-state index contributed by atoms with van der Waals surface area (Å²) >= 11 is 4.53. The molecule has 0 aliphatic carbocycles. The van der Waals surface area contributed by atoms with Gasteiger partial charge in [0.15, 0.2) is 16.7 Å². The van der Waals surface area contributed by atoms with Crippen LogP contribution in [-0.2, 0) is 16.2 Å². The number of aliphatic imine (C=N–C) groups is 1. The van der Waals surface area contributed by atoms with E-state index in [0.717, 1.165) is 11.8 Å². The highest BCUT2D eigenvalue weighted by Crippen LogP contribution is 2.38. The van der Waals surface area contributed by atoms with Crippen LogP contribution in [0.5, 0.6) is 11.5 Å². The molecule has 29 heavy (non-hydrogen) atoms. The Morgan fingerprint density at radius 1 is 1.34 bits per heavy atom. The summed E-state index contributed by atoms with van der Waals surface area (Å²) in [5.41, 5.74) is 1.36. The van der Waals surface area contributed by atoms with Gasteiger partial charge < -0.3 is 14.8 Å². The molecule has 150 valence electrons. The van der Waals surface area contributed by atoms with Crippen molar-refractivity contribution in [3.8, 4) is 11.5 Å². The Labute approximate surface area is 179 Å². The van der Waals surface area contributed by atoms with Crippen molar-refractivity contribution < 1.29 is 23.5 Å². The summed E-state index contributed by atoms with van der Waals surface area (Å²) < 4.78 is 25.2. The van der Waals surface area contributed by atoms with Crippen LogP contribution in [-0.4, -0.2) is 24.1 Å². The number of benzene rings is 2. The number of thioether (sulfide) groups is 1.